The van der Waals surface area contributed by atoms with Gasteiger partial charge in [0.25, 0.3) is 0 Å². The summed E-state index contributed by atoms with van der Waals surface area (Å²) in [7, 11) is 0. The Kier molecular flexibility index (Phi) is 7.26. The van der Waals surface area contributed by atoms with Crippen LogP contribution in [0.25, 0.3) is 0 Å². The quantitative estimate of drug-likeness (QED) is 0.425. The van der Waals surface area contributed by atoms with Crippen LogP contribution in [-0.4, -0.2) is 5.71 Å². The smallest absolute Gasteiger partial charge is 0.0690 e. The van der Waals surface area contributed by atoms with Gasteiger partial charge in [-0.15, -0.1) is 0 Å². The first kappa shape index (κ1) is 16.6. The Bertz CT molecular complexity index is 409. The molecule has 0 amide bonds. The zero-order chi connectivity index (χ0) is 14.3. The zero-order valence-corrected chi connectivity index (χ0v) is 12.9. The highest BCUT2D eigenvalue weighted by Crippen LogP contribution is 2.25. The van der Waals surface area contributed by atoms with Crippen molar-refractivity contribution < 1.29 is 0 Å². The SMILES string of the molecule is C=C(/C=C(/C(=C)C)C(N=C(C)C)=C(C)C)CCC. The number of hydrogen-bond acceptors (Lipinski definition) is 1. The van der Waals surface area contributed by atoms with Gasteiger partial charge in [-0.2, -0.15) is 0 Å². The number of hydrogen-bond donors (Lipinski definition) is 0. The monoisotopic (exact) mass is 245 g/mol. The molecule has 0 bridgehead atoms. The van der Waals surface area contributed by atoms with E-state index in [-0.39, 0.29) is 0 Å². The minimum atomic E-state index is 1.02. The van der Waals surface area contributed by atoms with Crippen molar-refractivity contribution in [3.8, 4) is 0 Å². The van der Waals surface area contributed by atoms with Crippen molar-refractivity contribution in [3.63, 3.8) is 0 Å². The maximum absolute atomic E-state index is 4.64. The molecule has 0 aromatic carbocycles. The second-order valence-electron chi connectivity index (χ2n) is 5.15. The van der Waals surface area contributed by atoms with Crippen molar-refractivity contribution in [2.24, 2.45) is 4.99 Å². The summed E-state index contributed by atoms with van der Waals surface area (Å²) in [5.41, 5.74) is 6.57. The van der Waals surface area contributed by atoms with Crippen molar-refractivity contribution in [1.82, 2.24) is 0 Å². The Hall–Kier alpha value is -1.37. The fraction of sp³-hybridized carbons (Fsp3) is 0.471. The van der Waals surface area contributed by atoms with Crippen LogP contribution in [0.3, 0.4) is 0 Å². The van der Waals surface area contributed by atoms with Crippen molar-refractivity contribution in [2.45, 2.75) is 54.4 Å². The van der Waals surface area contributed by atoms with E-state index in [0.717, 1.165) is 41.0 Å². The van der Waals surface area contributed by atoms with Crippen LogP contribution in [0.2, 0.25) is 0 Å². The maximum atomic E-state index is 4.64. The maximum Gasteiger partial charge on any atom is 0.0690 e. The van der Waals surface area contributed by atoms with Crippen LogP contribution in [0.4, 0.5) is 0 Å². The first-order valence-electron chi connectivity index (χ1n) is 6.54. The molecule has 0 aromatic rings. The highest BCUT2D eigenvalue weighted by molar-refractivity contribution is 5.81. The Morgan fingerprint density at radius 2 is 1.61 bits per heavy atom. The fourth-order valence-electron chi connectivity index (χ4n) is 1.66. The van der Waals surface area contributed by atoms with Crippen LogP contribution in [0.1, 0.15) is 54.4 Å². The molecule has 0 saturated carbocycles. The first-order valence-corrected chi connectivity index (χ1v) is 6.54. The van der Waals surface area contributed by atoms with Crippen LogP contribution in [0.5, 0.6) is 0 Å². The second kappa shape index (κ2) is 7.86. The summed E-state index contributed by atoms with van der Waals surface area (Å²) in [5.74, 6) is 0. The Labute approximate surface area is 113 Å². The summed E-state index contributed by atoms with van der Waals surface area (Å²) in [6.45, 7) is 20.5. The first-order chi connectivity index (χ1) is 8.29. The van der Waals surface area contributed by atoms with E-state index in [4.69, 9.17) is 0 Å². The van der Waals surface area contributed by atoms with E-state index in [2.05, 4.69) is 45.0 Å². The normalized spacial score (nSPS) is 10.9. The van der Waals surface area contributed by atoms with Gasteiger partial charge < -0.3 is 0 Å². The van der Waals surface area contributed by atoms with Gasteiger partial charge in [-0.1, -0.05) is 37.6 Å². The van der Waals surface area contributed by atoms with Crippen LogP contribution >= 0.6 is 0 Å². The van der Waals surface area contributed by atoms with Crippen LogP contribution in [-0.2, 0) is 0 Å². The van der Waals surface area contributed by atoms with Gasteiger partial charge >= 0.3 is 0 Å². The molecule has 1 nitrogen and oxygen atoms in total. The lowest BCUT2D eigenvalue weighted by atomic mass is 9.98. The van der Waals surface area contributed by atoms with E-state index < -0.39 is 0 Å². The number of aliphatic imine (C=N–C) groups is 1. The second-order valence-corrected chi connectivity index (χ2v) is 5.15. The minimum absolute atomic E-state index is 1.02. The molecular formula is C17H27N. The van der Waals surface area contributed by atoms with E-state index >= 15 is 0 Å². The van der Waals surface area contributed by atoms with E-state index in [1.807, 2.05) is 20.8 Å². The molecule has 100 valence electrons. The van der Waals surface area contributed by atoms with Gasteiger partial charge in [0, 0.05) is 11.3 Å². The molecule has 0 aliphatic rings. The summed E-state index contributed by atoms with van der Waals surface area (Å²) in [5, 5.41) is 0. The summed E-state index contributed by atoms with van der Waals surface area (Å²) >= 11 is 0. The molecule has 0 aliphatic heterocycles. The third kappa shape index (κ3) is 5.81. The summed E-state index contributed by atoms with van der Waals surface area (Å²) in [6, 6.07) is 0. The zero-order valence-electron chi connectivity index (χ0n) is 12.9. The molecule has 18 heavy (non-hydrogen) atoms. The molecule has 0 unspecified atom stereocenters. The van der Waals surface area contributed by atoms with Crippen molar-refractivity contribution in [2.75, 3.05) is 0 Å². The van der Waals surface area contributed by atoms with Gasteiger partial charge in [0.05, 0.1) is 5.70 Å². The molecule has 0 heterocycles. The average molecular weight is 245 g/mol. The summed E-state index contributed by atoms with van der Waals surface area (Å²) in [6.07, 6.45) is 4.25. The fourth-order valence-corrected chi connectivity index (χ4v) is 1.66. The third-order valence-electron chi connectivity index (χ3n) is 2.44. The van der Waals surface area contributed by atoms with Crippen LogP contribution < -0.4 is 0 Å². The van der Waals surface area contributed by atoms with Gasteiger partial charge in [-0.05, 0) is 52.7 Å². The molecule has 0 N–H and O–H groups in total. The predicted octanol–water partition coefficient (Wildman–Crippen LogP) is 5.62. The average Bonchev–Trinajstić information content (AvgIpc) is 2.22. The molecular weight excluding hydrogens is 218 g/mol. The molecule has 0 aromatic heterocycles. The minimum Gasteiger partial charge on any atom is -0.258 e. The van der Waals surface area contributed by atoms with E-state index in [9.17, 15) is 0 Å². The number of rotatable bonds is 6. The van der Waals surface area contributed by atoms with Gasteiger partial charge in [-0.3, -0.25) is 4.99 Å². The van der Waals surface area contributed by atoms with Gasteiger partial charge in [0.15, 0.2) is 0 Å². The lowest BCUT2D eigenvalue weighted by Gasteiger charge is -2.12. The van der Waals surface area contributed by atoms with E-state index in [0.29, 0.717) is 0 Å². The van der Waals surface area contributed by atoms with Crippen molar-refractivity contribution in [1.29, 1.82) is 0 Å². The Morgan fingerprint density at radius 3 is 1.94 bits per heavy atom. The summed E-state index contributed by atoms with van der Waals surface area (Å²) in [4.78, 5) is 4.64. The van der Waals surface area contributed by atoms with Crippen LogP contribution in [0.15, 0.2) is 52.2 Å². The topological polar surface area (TPSA) is 12.4 Å². The highest BCUT2D eigenvalue weighted by Gasteiger charge is 2.08. The highest BCUT2D eigenvalue weighted by atomic mass is 14.8. The standard InChI is InChI=1S/C17H27N/c1-9-10-15(8)11-16(12(2)3)17(13(4)5)18-14(6)7/h11H,2,8-10H2,1,3-7H3/b16-11-. The van der Waals surface area contributed by atoms with Crippen LogP contribution in [0, 0.1) is 0 Å². The summed E-state index contributed by atoms with van der Waals surface area (Å²) < 4.78 is 0. The largest absolute Gasteiger partial charge is 0.258 e. The number of nitrogens with zero attached hydrogens (tertiary/aromatic N) is 1. The van der Waals surface area contributed by atoms with Gasteiger partial charge in [-0.25, -0.2) is 0 Å². The Balaban J connectivity index is 5.61. The third-order valence-corrected chi connectivity index (χ3v) is 2.44. The van der Waals surface area contributed by atoms with Crippen molar-refractivity contribution >= 4 is 5.71 Å². The lowest BCUT2D eigenvalue weighted by Crippen LogP contribution is -1.96. The van der Waals surface area contributed by atoms with E-state index in [1.54, 1.807) is 0 Å². The molecule has 0 spiro atoms. The van der Waals surface area contributed by atoms with Crippen molar-refractivity contribution in [3.05, 3.63) is 47.2 Å². The predicted molar refractivity (Wildman–Crippen MR) is 84.1 cm³/mol. The van der Waals surface area contributed by atoms with Gasteiger partial charge in [0.1, 0.15) is 0 Å². The molecule has 0 atom stereocenters. The molecule has 1 heteroatoms. The molecule has 0 radical (unpaired) electrons. The molecule has 0 fully saturated rings. The lowest BCUT2D eigenvalue weighted by molar-refractivity contribution is 0.927. The van der Waals surface area contributed by atoms with Gasteiger partial charge in [0.2, 0.25) is 0 Å². The molecule has 0 saturated heterocycles. The number of allylic oxidation sites excluding steroid dienone is 4. The van der Waals surface area contributed by atoms with E-state index in [1.165, 1.54) is 5.57 Å². The Morgan fingerprint density at radius 1 is 1.06 bits per heavy atom. The molecule has 0 rings (SSSR count). The molecule has 0 aliphatic carbocycles.